The quantitative estimate of drug-likeness (QED) is 0.640. The number of hydrogen-bond acceptors (Lipinski definition) is 2. The van der Waals surface area contributed by atoms with Crippen molar-refractivity contribution in [2.24, 2.45) is 11.8 Å². The topological polar surface area (TPSA) is 29.1 Å². The summed E-state index contributed by atoms with van der Waals surface area (Å²) < 4.78 is 0. The Morgan fingerprint density at radius 2 is 2.18 bits per heavy atom. The predicted octanol–water partition coefficient (Wildman–Crippen LogP) is 0.962. The summed E-state index contributed by atoms with van der Waals surface area (Å²) in [7, 11) is 0. The van der Waals surface area contributed by atoms with Gasteiger partial charge in [0.25, 0.3) is 0 Å². The molecule has 2 heteroatoms. The predicted molar refractivity (Wildman–Crippen MR) is 43.3 cm³/mol. The number of Topliss-reactive ketones (excluding diaryl/α,β-unsaturated/α-hetero) is 1. The minimum atomic E-state index is 0.193. The fraction of sp³-hybridized carbons (Fsp3) is 0.889. The van der Waals surface area contributed by atoms with E-state index in [0.717, 1.165) is 12.3 Å². The third-order valence-corrected chi connectivity index (χ3v) is 2.79. The Balaban J connectivity index is 1.92. The molecule has 1 aliphatic heterocycles. The highest BCUT2D eigenvalue weighted by molar-refractivity contribution is 5.86. The average Bonchev–Trinajstić information content (AvgIpc) is 2.57. The summed E-state index contributed by atoms with van der Waals surface area (Å²) in [5.41, 5.74) is 0. The summed E-state index contributed by atoms with van der Waals surface area (Å²) in [5.74, 6) is 1.44. The molecule has 0 aromatic carbocycles. The van der Waals surface area contributed by atoms with Crippen LogP contribution in [0.25, 0.3) is 0 Å². The van der Waals surface area contributed by atoms with Crippen LogP contribution in [0.2, 0.25) is 0 Å². The number of hydrogen-bond donors (Lipinski definition) is 1. The van der Waals surface area contributed by atoms with E-state index in [1.807, 2.05) is 13.8 Å². The van der Waals surface area contributed by atoms with E-state index in [4.69, 9.17) is 0 Å². The maximum Gasteiger partial charge on any atom is 0.152 e. The van der Waals surface area contributed by atoms with Crippen LogP contribution in [0.3, 0.4) is 0 Å². The van der Waals surface area contributed by atoms with Gasteiger partial charge in [-0.3, -0.25) is 4.79 Å². The van der Waals surface area contributed by atoms with E-state index in [9.17, 15) is 4.79 Å². The van der Waals surface area contributed by atoms with Crippen molar-refractivity contribution in [1.29, 1.82) is 0 Å². The minimum absolute atomic E-state index is 0.193. The zero-order valence-corrected chi connectivity index (χ0v) is 7.13. The van der Waals surface area contributed by atoms with Crippen molar-refractivity contribution in [3.63, 3.8) is 0 Å². The Morgan fingerprint density at radius 3 is 2.64 bits per heavy atom. The molecule has 3 atom stereocenters. The van der Waals surface area contributed by atoms with Gasteiger partial charge in [0, 0.05) is 12.0 Å². The van der Waals surface area contributed by atoms with Gasteiger partial charge in [0.1, 0.15) is 0 Å². The van der Waals surface area contributed by atoms with Crippen LogP contribution in [-0.4, -0.2) is 17.9 Å². The first-order valence-electron chi connectivity index (χ1n) is 4.48. The van der Waals surface area contributed by atoms with Gasteiger partial charge >= 0.3 is 0 Å². The number of carbonyl (C=O) groups is 1. The van der Waals surface area contributed by atoms with Crippen LogP contribution in [-0.2, 0) is 4.79 Å². The van der Waals surface area contributed by atoms with Gasteiger partial charge in [-0.2, -0.15) is 0 Å². The number of rotatable bonds is 2. The summed E-state index contributed by atoms with van der Waals surface area (Å²) in [6.07, 6.45) is 2.41. The van der Waals surface area contributed by atoms with Crippen LogP contribution in [0.5, 0.6) is 0 Å². The number of nitrogens with one attached hydrogen (secondary N) is 1. The second-order valence-electron chi connectivity index (χ2n) is 4.11. The largest absolute Gasteiger partial charge is 0.304 e. The van der Waals surface area contributed by atoms with E-state index in [-0.39, 0.29) is 12.0 Å². The highest BCUT2D eigenvalue weighted by Crippen LogP contribution is 2.41. The average molecular weight is 153 g/mol. The van der Waals surface area contributed by atoms with Gasteiger partial charge in [-0.1, -0.05) is 13.8 Å². The van der Waals surface area contributed by atoms with Crippen molar-refractivity contribution in [3.8, 4) is 0 Å². The number of ketones is 1. The van der Waals surface area contributed by atoms with E-state index < -0.39 is 0 Å². The molecule has 2 nitrogen and oxygen atoms in total. The summed E-state index contributed by atoms with van der Waals surface area (Å²) >= 11 is 0. The molecule has 1 heterocycles. The lowest BCUT2D eigenvalue weighted by Crippen LogP contribution is -2.36. The smallest absolute Gasteiger partial charge is 0.152 e. The third kappa shape index (κ3) is 1.20. The summed E-state index contributed by atoms with van der Waals surface area (Å²) in [6.45, 7) is 3.96. The Hall–Kier alpha value is -0.370. The molecule has 3 unspecified atom stereocenters. The van der Waals surface area contributed by atoms with Crippen LogP contribution in [0, 0.1) is 11.8 Å². The van der Waals surface area contributed by atoms with Crippen LogP contribution in [0.1, 0.15) is 26.7 Å². The van der Waals surface area contributed by atoms with Gasteiger partial charge in [0.05, 0.1) is 6.04 Å². The first-order chi connectivity index (χ1) is 5.18. The Kier molecular flexibility index (Phi) is 1.53. The van der Waals surface area contributed by atoms with Crippen LogP contribution >= 0.6 is 0 Å². The Morgan fingerprint density at radius 1 is 1.45 bits per heavy atom. The zero-order chi connectivity index (χ0) is 8.01. The van der Waals surface area contributed by atoms with Crippen LogP contribution in [0.4, 0.5) is 0 Å². The van der Waals surface area contributed by atoms with E-state index in [1.54, 1.807) is 0 Å². The monoisotopic (exact) mass is 153 g/mol. The van der Waals surface area contributed by atoms with E-state index in [1.165, 1.54) is 6.42 Å². The molecule has 1 saturated carbocycles. The third-order valence-electron chi connectivity index (χ3n) is 2.79. The van der Waals surface area contributed by atoms with Crippen molar-refractivity contribution in [2.75, 3.05) is 0 Å². The molecule has 0 radical (unpaired) electrons. The second-order valence-corrected chi connectivity index (χ2v) is 4.11. The maximum absolute atomic E-state index is 11.4. The molecule has 62 valence electrons. The molecular formula is C9H15NO. The molecule has 2 rings (SSSR count). The van der Waals surface area contributed by atoms with Crippen molar-refractivity contribution in [3.05, 3.63) is 0 Å². The molecule has 1 saturated heterocycles. The number of fused-ring (bicyclic) bond motifs is 1. The van der Waals surface area contributed by atoms with Crippen molar-refractivity contribution >= 4 is 5.78 Å². The van der Waals surface area contributed by atoms with Crippen LogP contribution < -0.4 is 5.32 Å². The summed E-state index contributed by atoms with van der Waals surface area (Å²) in [5, 5.41) is 3.36. The van der Waals surface area contributed by atoms with Gasteiger partial charge in [-0.15, -0.1) is 0 Å². The molecule has 0 amide bonds. The van der Waals surface area contributed by atoms with Gasteiger partial charge in [0.15, 0.2) is 5.78 Å². The standard InChI is InChI=1S/C9H15NO/c1-5(2)9(11)8-4-6-3-7(6)10-8/h5-8,10H,3-4H2,1-2H3. The van der Waals surface area contributed by atoms with Gasteiger partial charge in [-0.05, 0) is 18.8 Å². The van der Waals surface area contributed by atoms with Crippen molar-refractivity contribution in [1.82, 2.24) is 5.32 Å². The lowest BCUT2D eigenvalue weighted by molar-refractivity contribution is -0.123. The molecule has 0 bridgehead atoms. The molecule has 0 aromatic rings. The van der Waals surface area contributed by atoms with Gasteiger partial charge in [-0.25, -0.2) is 0 Å². The molecule has 2 aliphatic rings. The lowest BCUT2D eigenvalue weighted by atomic mass is 9.99. The fourth-order valence-corrected chi connectivity index (χ4v) is 1.94. The van der Waals surface area contributed by atoms with Crippen molar-refractivity contribution < 1.29 is 4.79 Å². The molecule has 0 aromatic heterocycles. The fourth-order valence-electron chi connectivity index (χ4n) is 1.94. The number of piperidine rings is 1. The first-order valence-corrected chi connectivity index (χ1v) is 4.48. The molecule has 1 N–H and O–H groups in total. The van der Waals surface area contributed by atoms with Gasteiger partial charge < -0.3 is 5.32 Å². The number of carbonyl (C=O) groups excluding carboxylic acids is 1. The first kappa shape index (κ1) is 7.29. The summed E-state index contributed by atoms with van der Waals surface area (Å²) in [4.78, 5) is 11.4. The van der Waals surface area contributed by atoms with E-state index in [2.05, 4.69) is 5.32 Å². The van der Waals surface area contributed by atoms with E-state index in [0.29, 0.717) is 11.8 Å². The van der Waals surface area contributed by atoms with Crippen LogP contribution in [0.15, 0.2) is 0 Å². The minimum Gasteiger partial charge on any atom is -0.304 e. The summed E-state index contributed by atoms with van der Waals surface area (Å²) in [6, 6.07) is 0.890. The molecule has 0 spiro atoms. The lowest BCUT2D eigenvalue weighted by Gasteiger charge is -2.13. The molecule has 2 fully saturated rings. The highest BCUT2D eigenvalue weighted by Gasteiger charge is 2.47. The Bertz CT molecular complexity index is 178. The molecule has 11 heavy (non-hydrogen) atoms. The SMILES string of the molecule is CC(C)C(=O)C1CC2CC2N1. The highest BCUT2D eigenvalue weighted by atomic mass is 16.1. The maximum atomic E-state index is 11.4. The van der Waals surface area contributed by atoms with E-state index >= 15 is 0 Å². The van der Waals surface area contributed by atoms with Crippen molar-refractivity contribution in [2.45, 2.75) is 38.8 Å². The van der Waals surface area contributed by atoms with Gasteiger partial charge in [0.2, 0.25) is 0 Å². The molecular weight excluding hydrogens is 138 g/mol. The Labute approximate surface area is 67.4 Å². The second kappa shape index (κ2) is 2.31. The zero-order valence-electron chi connectivity index (χ0n) is 7.13. The molecule has 1 aliphatic carbocycles. The normalized spacial score (nSPS) is 40.8.